The smallest absolute Gasteiger partial charge is 0.257 e. The number of rotatable bonds is 7. The maximum atomic E-state index is 12.8. The molecule has 0 spiro atoms. The van der Waals surface area contributed by atoms with E-state index in [0.717, 1.165) is 59.5 Å². The Bertz CT molecular complexity index is 1490. The van der Waals surface area contributed by atoms with Crippen LogP contribution in [0.1, 0.15) is 60.6 Å². The molecule has 1 aliphatic carbocycles. The highest BCUT2D eigenvalue weighted by Gasteiger charge is 2.22. The summed E-state index contributed by atoms with van der Waals surface area (Å²) >= 11 is 0. The molecule has 40 heavy (non-hydrogen) atoms. The second-order valence-electron chi connectivity index (χ2n) is 10.7. The van der Waals surface area contributed by atoms with Crippen molar-refractivity contribution in [2.45, 2.75) is 52.1 Å². The van der Waals surface area contributed by atoms with Crippen LogP contribution in [0.3, 0.4) is 0 Å². The Kier molecular flexibility index (Phi) is 8.34. The summed E-state index contributed by atoms with van der Waals surface area (Å²) < 4.78 is 0. The minimum absolute atomic E-state index is 0.0153. The lowest BCUT2D eigenvalue weighted by Crippen LogP contribution is -2.26. The van der Waals surface area contributed by atoms with Crippen LogP contribution < -0.4 is 10.6 Å². The van der Waals surface area contributed by atoms with Gasteiger partial charge in [-0.3, -0.25) is 19.8 Å². The summed E-state index contributed by atoms with van der Waals surface area (Å²) in [5.41, 5.74) is 9.03. The van der Waals surface area contributed by atoms with Crippen molar-refractivity contribution in [2.24, 2.45) is 15.9 Å². The van der Waals surface area contributed by atoms with E-state index in [1.54, 1.807) is 12.4 Å². The molecule has 6 nitrogen and oxygen atoms in total. The van der Waals surface area contributed by atoms with Crippen LogP contribution in [0.15, 0.2) is 112 Å². The fraction of sp³-hybridized carbons (Fsp3) is 0.294. The molecule has 0 saturated heterocycles. The van der Waals surface area contributed by atoms with Gasteiger partial charge in [0.25, 0.3) is 5.91 Å². The third-order valence-corrected chi connectivity index (χ3v) is 7.66. The van der Waals surface area contributed by atoms with E-state index in [4.69, 9.17) is 4.99 Å². The maximum absolute atomic E-state index is 12.8. The normalized spacial score (nSPS) is 21.1. The zero-order valence-corrected chi connectivity index (χ0v) is 23.5. The van der Waals surface area contributed by atoms with Crippen molar-refractivity contribution in [1.82, 2.24) is 10.3 Å². The molecule has 1 amide bonds. The highest BCUT2D eigenvalue weighted by Crippen LogP contribution is 2.31. The van der Waals surface area contributed by atoms with Gasteiger partial charge in [-0.15, -0.1) is 0 Å². The highest BCUT2D eigenvalue weighted by atomic mass is 16.1. The van der Waals surface area contributed by atoms with Gasteiger partial charge in [0.05, 0.1) is 17.3 Å². The molecule has 0 fully saturated rings. The summed E-state index contributed by atoms with van der Waals surface area (Å²) in [6.07, 6.45) is 19.2. The maximum Gasteiger partial charge on any atom is 0.257 e. The predicted octanol–water partition coefficient (Wildman–Crippen LogP) is 6.87. The number of allylic oxidation sites excluding steroid dienone is 6. The van der Waals surface area contributed by atoms with Crippen LogP contribution in [0, 0.1) is 12.8 Å². The number of benzene rings is 1. The molecular formula is C34H37N5O. The predicted molar refractivity (Wildman–Crippen MR) is 165 cm³/mol. The van der Waals surface area contributed by atoms with Gasteiger partial charge in [0, 0.05) is 49.0 Å². The van der Waals surface area contributed by atoms with Crippen molar-refractivity contribution in [3.63, 3.8) is 0 Å². The van der Waals surface area contributed by atoms with Crippen molar-refractivity contribution in [1.29, 1.82) is 0 Å². The van der Waals surface area contributed by atoms with Crippen LogP contribution in [0.25, 0.3) is 0 Å². The first-order chi connectivity index (χ1) is 19.4. The Morgan fingerprint density at radius 2 is 2.02 bits per heavy atom. The lowest BCUT2D eigenvalue weighted by molar-refractivity contribution is 0.102. The van der Waals surface area contributed by atoms with Crippen LogP contribution in [0.4, 0.5) is 5.69 Å². The molecular weight excluding hydrogens is 494 g/mol. The molecule has 0 radical (unpaired) electrons. The standard InChI is InChI=1S/C34H37N5O/c1-5-32-23(3)15-28(20-37-32)25-8-6-10-27-18-36-21-33(31(27)13-12-25)38-24(4)26-9-7-11-30(16-26)39-34(40)29-14-22(2)17-35-19-29/h7-9,11-17,19-21,24,27,32,38H,3,5-6,10,18H2,1-2,4H3,(H,39,40)/t24-,27?,32?/m0/s1. The van der Waals surface area contributed by atoms with E-state index in [0.29, 0.717) is 11.5 Å². The number of carbonyl (C=O) groups excluding carboxylic acids is 1. The fourth-order valence-corrected chi connectivity index (χ4v) is 5.37. The van der Waals surface area contributed by atoms with Crippen molar-refractivity contribution < 1.29 is 4.79 Å². The Morgan fingerprint density at radius 3 is 2.83 bits per heavy atom. The number of amides is 1. The van der Waals surface area contributed by atoms with Gasteiger partial charge in [0.1, 0.15) is 0 Å². The number of aliphatic imine (C=N–C) groups is 2. The Balaban J connectivity index is 1.33. The zero-order chi connectivity index (χ0) is 28.1. The van der Waals surface area contributed by atoms with E-state index >= 15 is 0 Å². The number of aryl methyl sites for hydroxylation is 1. The summed E-state index contributed by atoms with van der Waals surface area (Å²) in [5, 5.41) is 6.70. The number of hydrogen-bond acceptors (Lipinski definition) is 5. The largest absolute Gasteiger partial charge is 0.377 e. The molecule has 3 heterocycles. The molecule has 2 aromatic rings. The Hall–Kier alpha value is -4.32. The molecule has 2 N–H and O–H groups in total. The third kappa shape index (κ3) is 6.28. The van der Waals surface area contributed by atoms with E-state index in [9.17, 15) is 4.79 Å². The molecule has 3 aliphatic rings. The van der Waals surface area contributed by atoms with Gasteiger partial charge in [-0.05, 0) is 90.8 Å². The summed E-state index contributed by atoms with van der Waals surface area (Å²) in [6, 6.07) is 10.0. The molecule has 2 unspecified atom stereocenters. The van der Waals surface area contributed by atoms with Crippen LogP contribution in [0.2, 0.25) is 0 Å². The van der Waals surface area contributed by atoms with Crippen molar-refractivity contribution >= 4 is 24.0 Å². The molecule has 3 atom stereocenters. The van der Waals surface area contributed by atoms with Gasteiger partial charge >= 0.3 is 0 Å². The Labute approximate surface area is 237 Å². The molecule has 6 heteroatoms. The average molecular weight is 532 g/mol. The summed E-state index contributed by atoms with van der Waals surface area (Å²) in [7, 11) is 0. The van der Waals surface area contributed by atoms with Gasteiger partial charge in [0.2, 0.25) is 0 Å². The average Bonchev–Trinajstić information content (AvgIpc) is 2.94. The van der Waals surface area contributed by atoms with E-state index in [-0.39, 0.29) is 18.0 Å². The first kappa shape index (κ1) is 27.3. The van der Waals surface area contributed by atoms with E-state index in [1.807, 2.05) is 43.6 Å². The second kappa shape index (κ2) is 12.2. The first-order valence-electron chi connectivity index (χ1n) is 14.1. The topological polar surface area (TPSA) is 78.7 Å². The number of hydrogen-bond donors (Lipinski definition) is 2. The van der Waals surface area contributed by atoms with Crippen LogP contribution >= 0.6 is 0 Å². The fourth-order valence-electron chi connectivity index (χ4n) is 5.37. The molecule has 1 aromatic carbocycles. The van der Waals surface area contributed by atoms with Gasteiger partial charge < -0.3 is 10.6 Å². The number of pyridine rings is 1. The molecule has 2 aliphatic heterocycles. The van der Waals surface area contributed by atoms with Crippen molar-refractivity contribution in [3.05, 3.63) is 118 Å². The summed E-state index contributed by atoms with van der Waals surface area (Å²) in [6.45, 7) is 11.2. The number of aromatic nitrogens is 1. The number of dihydropyridines is 2. The van der Waals surface area contributed by atoms with Crippen LogP contribution in [0.5, 0.6) is 0 Å². The second-order valence-corrected chi connectivity index (χ2v) is 10.7. The van der Waals surface area contributed by atoms with Crippen molar-refractivity contribution in [2.75, 3.05) is 11.9 Å². The number of carbonyl (C=O) groups is 1. The zero-order valence-electron chi connectivity index (χ0n) is 23.5. The number of anilines is 1. The monoisotopic (exact) mass is 531 g/mol. The highest BCUT2D eigenvalue weighted by molar-refractivity contribution is 6.04. The lowest BCUT2D eigenvalue weighted by atomic mass is 9.86. The van der Waals surface area contributed by atoms with Gasteiger partial charge in [-0.1, -0.05) is 43.9 Å². The quantitative estimate of drug-likeness (QED) is 0.409. The SMILES string of the molecule is C=C1C=C(C2=CCCC3CN=CC(N[C@@H](C)c4cccc(NC(=O)c5cncc(C)c5)c4)=C3C=C2)C=NC1CC. The van der Waals surface area contributed by atoms with Gasteiger partial charge in [0.15, 0.2) is 0 Å². The number of fused-ring (bicyclic) bond motifs is 1. The van der Waals surface area contributed by atoms with Crippen LogP contribution in [-0.4, -0.2) is 35.9 Å². The third-order valence-electron chi connectivity index (χ3n) is 7.66. The number of nitrogens with one attached hydrogen (secondary N) is 2. The molecule has 0 saturated carbocycles. The lowest BCUT2D eigenvalue weighted by Gasteiger charge is -2.27. The summed E-state index contributed by atoms with van der Waals surface area (Å²) in [4.78, 5) is 26.3. The van der Waals surface area contributed by atoms with Gasteiger partial charge in [-0.2, -0.15) is 0 Å². The summed E-state index contributed by atoms with van der Waals surface area (Å²) in [5.74, 6) is 0.201. The molecule has 0 bridgehead atoms. The van der Waals surface area contributed by atoms with E-state index < -0.39 is 0 Å². The number of nitrogens with zero attached hydrogens (tertiary/aromatic N) is 3. The molecule has 5 rings (SSSR count). The van der Waals surface area contributed by atoms with E-state index in [1.165, 1.54) is 11.1 Å². The minimum Gasteiger partial charge on any atom is -0.377 e. The Morgan fingerprint density at radius 1 is 1.15 bits per heavy atom. The first-order valence-corrected chi connectivity index (χ1v) is 14.1. The molecule has 1 aromatic heterocycles. The van der Waals surface area contributed by atoms with Gasteiger partial charge in [-0.25, -0.2) is 0 Å². The van der Waals surface area contributed by atoms with E-state index in [2.05, 4.69) is 71.4 Å². The van der Waals surface area contributed by atoms with Crippen molar-refractivity contribution in [3.8, 4) is 0 Å². The van der Waals surface area contributed by atoms with Crippen LogP contribution in [-0.2, 0) is 0 Å². The molecule has 204 valence electrons. The minimum atomic E-state index is -0.170.